The maximum atomic E-state index is 14.3. The topological polar surface area (TPSA) is 183 Å². The fourth-order valence-electron chi connectivity index (χ4n) is 7.73. The molecule has 0 aromatic heterocycles. The summed E-state index contributed by atoms with van der Waals surface area (Å²) >= 11 is 0. The van der Waals surface area contributed by atoms with Gasteiger partial charge in [0.1, 0.15) is 12.1 Å². The number of ether oxygens (including phenoxy) is 1. The van der Waals surface area contributed by atoms with E-state index in [1.807, 2.05) is 71.9 Å². The average molecular weight is 799 g/mol. The quantitative estimate of drug-likeness (QED) is 0.153. The van der Waals surface area contributed by atoms with Gasteiger partial charge in [0.05, 0.1) is 24.7 Å². The van der Waals surface area contributed by atoms with Crippen molar-refractivity contribution in [3.8, 4) is 0 Å². The lowest BCUT2D eigenvalue weighted by atomic mass is 9.80. The Hall–Kier alpha value is -4.49. The van der Waals surface area contributed by atoms with E-state index < -0.39 is 59.7 Å². The third-order valence-electron chi connectivity index (χ3n) is 10.6. The lowest BCUT2D eigenvalue weighted by molar-refractivity contribution is -0.145. The first-order chi connectivity index (χ1) is 26.6. The molecule has 0 radical (unpaired) electrons. The largest absolute Gasteiger partial charge is 0.447 e. The molecule has 6 atom stereocenters. The average Bonchev–Trinajstić information content (AvgIpc) is 3.62. The van der Waals surface area contributed by atoms with E-state index in [0.29, 0.717) is 19.4 Å². The number of carbonyl (C=O) groups is 7. The van der Waals surface area contributed by atoms with Gasteiger partial charge in [-0.1, -0.05) is 98.1 Å². The number of Topliss-reactive ketones (excluding diaryl/α,β-unsaturated/α-hetero) is 1. The number of rotatable bonds is 14. The fourth-order valence-corrected chi connectivity index (χ4v) is 7.73. The number of hydrogen-bond acceptors (Lipinski definition) is 8. The van der Waals surface area contributed by atoms with Crippen LogP contribution >= 0.6 is 0 Å². The van der Waals surface area contributed by atoms with Crippen molar-refractivity contribution in [3.05, 3.63) is 35.9 Å². The van der Waals surface area contributed by atoms with Gasteiger partial charge in [-0.2, -0.15) is 0 Å². The van der Waals surface area contributed by atoms with Gasteiger partial charge < -0.3 is 35.8 Å². The van der Waals surface area contributed by atoms with Crippen LogP contribution in [0.1, 0.15) is 119 Å². The molecule has 14 heteroatoms. The van der Waals surface area contributed by atoms with Crippen LogP contribution in [0.3, 0.4) is 0 Å². The van der Waals surface area contributed by atoms with Crippen LogP contribution in [-0.2, 0) is 33.5 Å². The molecule has 1 saturated heterocycles. The highest BCUT2D eigenvalue weighted by Gasteiger charge is 2.56. The molecule has 14 nitrogen and oxygen atoms in total. The monoisotopic (exact) mass is 799 g/mol. The van der Waals surface area contributed by atoms with E-state index in [2.05, 4.69) is 35.1 Å². The first-order valence-electron chi connectivity index (χ1n) is 20.5. The van der Waals surface area contributed by atoms with Gasteiger partial charge in [-0.05, 0) is 74.2 Å². The van der Waals surface area contributed by atoms with Crippen molar-refractivity contribution in [1.82, 2.24) is 31.1 Å². The summed E-state index contributed by atoms with van der Waals surface area (Å²) in [6.45, 7) is 19.1. The Balaban J connectivity index is 0.00000148. The molecule has 4 rings (SSSR count). The lowest BCUT2D eigenvalue weighted by Gasteiger charge is -2.37. The fraction of sp³-hybridized carbons (Fsp3) is 0.698. The van der Waals surface area contributed by atoms with E-state index in [9.17, 15) is 33.6 Å². The Morgan fingerprint density at radius 3 is 2.05 bits per heavy atom. The van der Waals surface area contributed by atoms with Crippen molar-refractivity contribution in [1.29, 1.82) is 0 Å². The van der Waals surface area contributed by atoms with Crippen molar-refractivity contribution in [2.45, 2.75) is 138 Å². The zero-order valence-electron chi connectivity index (χ0n) is 36.4. The summed E-state index contributed by atoms with van der Waals surface area (Å²) in [5.41, 5.74) is 0.168. The third kappa shape index (κ3) is 14.8. The molecule has 1 aliphatic heterocycles. The standard InChI is InChI=1S/C38H57N5O7.C3H7NO.C2H6/c1-22(2)50-36(49)42-32(37(4,5)6)35(48)43-21-26-18-38(7,8)19-27(26)30(43)33(46)41-28(17-24-13-12-14-24)31(45)34(47)39-20-29(44)40-23(3)25-15-10-9-11-16-25;1-4(2)3-5;1-2/h9-11,15-16,22-24,26-28,30,32H,12-14,17-21H2,1-8H3,(H,39,47)(H,40,44)(H,41,46)(H,42,49);3H,1-2H3;1-2H3/t23?,26-,27-,28?,30?,32?;;/m0../s1. The van der Waals surface area contributed by atoms with Gasteiger partial charge in [0.2, 0.25) is 29.9 Å². The van der Waals surface area contributed by atoms with E-state index >= 15 is 0 Å². The molecule has 320 valence electrons. The summed E-state index contributed by atoms with van der Waals surface area (Å²) in [7, 11) is 3.38. The lowest BCUT2D eigenvalue weighted by Crippen LogP contribution is -2.60. The van der Waals surface area contributed by atoms with Crippen LogP contribution in [0.25, 0.3) is 0 Å². The van der Waals surface area contributed by atoms with Crippen molar-refractivity contribution < 1.29 is 38.3 Å². The van der Waals surface area contributed by atoms with Crippen LogP contribution in [0.2, 0.25) is 0 Å². The normalized spacial score (nSPS) is 21.0. The Morgan fingerprint density at radius 1 is 0.947 bits per heavy atom. The van der Waals surface area contributed by atoms with Crippen molar-refractivity contribution in [3.63, 3.8) is 0 Å². The molecule has 3 aliphatic rings. The minimum Gasteiger partial charge on any atom is -0.447 e. The van der Waals surface area contributed by atoms with Gasteiger partial charge in [0, 0.05) is 20.6 Å². The number of carbonyl (C=O) groups excluding carboxylic acids is 7. The molecule has 4 unspecified atom stereocenters. The maximum absolute atomic E-state index is 14.3. The molecule has 57 heavy (non-hydrogen) atoms. The summed E-state index contributed by atoms with van der Waals surface area (Å²) in [6.07, 6.45) is 4.27. The Morgan fingerprint density at radius 2 is 1.54 bits per heavy atom. The van der Waals surface area contributed by atoms with Gasteiger partial charge in [0.15, 0.2) is 0 Å². The zero-order valence-corrected chi connectivity index (χ0v) is 36.4. The van der Waals surface area contributed by atoms with Crippen LogP contribution in [-0.4, -0.2) is 103 Å². The number of benzene rings is 1. The Bertz CT molecular complexity index is 1520. The first kappa shape index (κ1) is 48.7. The number of hydrogen-bond donors (Lipinski definition) is 4. The SMILES string of the molecule is CC.CC(C)OC(=O)NC(C(=O)N1C[C@@H]2CC(C)(C)C[C@@H]2C1C(=O)NC(CC1CCC1)C(=O)C(=O)NCC(=O)NC(C)c1ccccc1)C(C)(C)C.CN(C)C=O. The van der Waals surface area contributed by atoms with Crippen LogP contribution < -0.4 is 21.3 Å². The molecule has 2 saturated carbocycles. The highest BCUT2D eigenvalue weighted by Crippen LogP contribution is 2.51. The van der Waals surface area contributed by atoms with Crippen molar-refractivity contribution in [2.24, 2.45) is 28.6 Å². The number of fused-ring (bicyclic) bond motifs is 1. The second kappa shape index (κ2) is 21.9. The maximum Gasteiger partial charge on any atom is 0.408 e. The van der Waals surface area contributed by atoms with E-state index in [-0.39, 0.29) is 41.2 Å². The minimum atomic E-state index is -1.11. The summed E-state index contributed by atoms with van der Waals surface area (Å²) in [5, 5.41) is 10.9. The third-order valence-corrected chi connectivity index (χ3v) is 10.6. The molecule has 1 heterocycles. The van der Waals surface area contributed by atoms with Gasteiger partial charge >= 0.3 is 6.09 Å². The van der Waals surface area contributed by atoms with Crippen molar-refractivity contribution >= 4 is 41.9 Å². The molecule has 1 aromatic carbocycles. The summed E-state index contributed by atoms with van der Waals surface area (Å²) in [6, 6.07) is 6.13. The summed E-state index contributed by atoms with van der Waals surface area (Å²) in [4.78, 5) is 93.2. The molecular formula is C43H70N6O8. The number of nitrogens with zero attached hydrogens (tertiary/aromatic N) is 2. The first-order valence-corrected chi connectivity index (χ1v) is 20.5. The number of amides is 6. The minimum absolute atomic E-state index is 0.0363. The van der Waals surface area contributed by atoms with Crippen molar-refractivity contribution in [2.75, 3.05) is 27.2 Å². The molecule has 0 spiro atoms. The molecular weight excluding hydrogens is 729 g/mol. The Labute approximate surface area is 340 Å². The molecule has 3 fully saturated rings. The molecule has 4 N–H and O–H groups in total. The van der Waals surface area contributed by atoms with Crippen LogP contribution in [0.15, 0.2) is 30.3 Å². The summed E-state index contributed by atoms with van der Waals surface area (Å²) < 4.78 is 5.29. The second-order valence-electron chi connectivity index (χ2n) is 17.7. The number of alkyl carbamates (subject to hydrolysis) is 1. The van der Waals surface area contributed by atoms with Crippen LogP contribution in [0.5, 0.6) is 0 Å². The van der Waals surface area contributed by atoms with E-state index in [1.54, 1.807) is 32.8 Å². The van der Waals surface area contributed by atoms with Gasteiger partial charge in [0.25, 0.3) is 5.91 Å². The number of ketones is 1. The predicted molar refractivity (Wildman–Crippen MR) is 219 cm³/mol. The van der Waals surface area contributed by atoms with E-state index in [1.165, 1.54) is 4.90 Å². The smallest absolute Gasteiger partial charge is 0.408 e. The molecule has 0 bridgehead atoms. The van der Waals surface area contributed by atoms with Gasteiger partial charge in [-0.15, -0.1) is 0 Å². The van der Waals surface area contributed by atoms with Crippen LogP contribution in [0.4, 0.5) is 4.79 Å². The zero-order chi connectivity index (χ0) is 43.2. The molecule has 1 aromatic rings. The molecule has 2 aliphatic carbocycles. The van der Waals surface area contributed by atoms with Gasteiger partial charge in [-0.3, -0.25) is 28.8 Å². The van der Waals surface area contributed by atoms with E-state index in [0.717, 1.165) is 37.7 Å². The number of nitrogens with one attached hydrogen (secondary N) is 4. The highest BCUT2D eigenvalue weighted by atomic mass is 16.6. The second-order valence-corrected chi connectivity index (χ2v) is 17.7. The summed E-state index contributed by atoms with van der Waals surface area (Å²) in [5.74, 6) is -3.00. The molecule has 6 amide bonds. The number of likely N-dealkylation sites (tertiary alicyclic amines) is 1. The highest BCUT2D eigenvalue weighted by molar-refractivity contribution is 6.38. The predicted octanol–water partition coefficient (Wildman–Crippen LogP) is 4.77. The Kier molecular flexibility index (Phi) is 18.7. The van der Waals surface area contributed by atoms with Gasteiger partial charge in [-0.25, -0.2) is 4.79 Å². The van der Waals surface area contributed by atoms with E-state index in [4.69, 9.17) is 4.74 Å². The van der Waals surface area contributed by atoms with Crippen LogP contribution in [0, 0.1) is 28.6 Å².